The van der Waals surface area contributed by atoms with E-state index in [2.05, 4.69) is 27.5 Å². The molecule has 5 nitrogen and oxygen atoms in total. The highest BCUT2D eigenvalue weighted by Gasteiger charge is 2.11. The van der Waals surface area contributed by atoms with E-state index in [1.807, 2.05) is 31.2 Å². The van der Waals surface area contributed by atoms with Crippen molar-refractivity contribution < 1.29 is 4.79 Å². The van der Waals surface area contributed by atoms with Crippen LogP contribution < -0.4 is 10.6 Å². The predicted molar refractivity (Wildman–Crippen MR) is 83.2 cm³/mol. The van der Waals surface area contributed by atoms with Crippen LogP contribution in [0.25, 0.3) is 0 Å². The number of pyridine rings is 2. The molecular formula is C16H20N4O. The van der Waals surface area contributed by atoms with Crippen molar-refractivity contribution in [2.75, 3.05) is 11.9 Å². The quantitative estimate of drug-likeness (QED) is 0.855. The lowest BCUT2D eigenvalue weighted by Crippen LogP contribution is -2.24. The van der Waals surface area contributed by atoms with E-state index in [1.54, 1.807) is 12.4 Å². The number of hydrogen-bond donors (Lipinski definition) is 2. The number of anilines is 1. The molecule has 0 unspecified atom stereocenters. The Morgan fingerprint density at radius 1 is 1.29 bits per heavy atom. The molecule has 2 N–H and O–H groups in total. The number of aromatic nitrogens is 2. The highest BCUT2D eigenvalue weighted by molar-refractivity contribution is 5.99. The number of nitrogens with zero attached hydrogens (tertiary/aromatic N) is 2. The summed E-state index contributed by atoms with van der Waals surface area (Å²) in [5, 5.41) is 6.11. The zero-order valence-electron chi connectivity index (χ0n) is 12.4. The molecule has 21 heavy (non-hydrogen) atoms. The lowest BCUT2D eigenvalue weighted by atomic mass is 10.2. The van der Waals surface area contributed by atoms with Crippen molar-refractivity contribution in [2.24, 2.45) is 0 Å². The molecule has 2 heterocycles. The number of nitrogens with one attached hydrogen (secondary N) is 2. The highest BCUT2D eigenvalue weighted by atomic mass is 16.1. The van der Waals surface area contributed by atoms with Gasteiger partial charge in [0.15, 0.2) is 0 Å². The van der Waals surface area contributed by atoms with Crippen molar-refractivity contribution in [3.05, 3.63) is 53.6 Å². The molecule has 0 spiro atoms. The molecule has 110 valence electrons. The second kappa shape index (κ2) is 7.38. The third kappa shape index (κ3) is 4.27. The molecule has 0 saturated carbocycles. The van der Waals surface area contributed by atoms with Crippen LogP contribution in [-0.4, -0.2) is 22.4 Å². The van der Waals surface area contributed by atoms with Gasteiger partial charge in [-0.2, -0.15) is 0 Å². The van der Waals surface area contributed by atoms with Gasteiger partial charge in [0.1, 0.15) is 0 Å². The van der Waals surface area contributed by atoms with Crippen LogP contribution in [0.5, 0.6) is 0 Å². The molecule has 2 aromatic heterocycles. The van der Waals surface area contributed by atoms with Crippen LogP contribution in [0, 0.1) is 6.92 Å². The molecular weight excluding hydrogens is 264 g/mol. The van der Waals surface area contributed by atoms with Crippen molar-refractivity contribution in [1.82, 2.24) is 15.3 Å². The van der Waals surface area contributed by atoms with Crippen molar-refractivity contribution in [3.8, 4) is 0 Å². The maximum absolute atomic E-state index is 12.3. The molecule has 5 heteroatoms. The van der Waals surface area contributed by atoms with E-state index in [-0.39, 0.29) is 5.91 Å². The van der Waals surface area contributed by atoms with Crippen LogP contribution in [0.1, 0.15) is 35.1 Å². The zero-order valence-corrected chi connectivity index (χ0v) is 12.4. The first kappa shape index (κ1) is 15.0. The monoisotopic (exact) mass is 284 g/mol. The topological polar surface area (TPSA) is 66.9 Å². The zero-order chi connectivity index (χ0) is 15.1. The Morgan fingerprint density at radius 3 is 2.90 bits per heavy atom. The Hall–Kier alpha value is -2.43. The maximum atomic E-state index is 12.3. The van der Waals surface area contributed by atoms with E-state index < -0.39 is 0 Å². The molecule has 0 aliphatic heterocycles. The maximum Gasteiger partial charge on any atom is 0.255 e. The molecule has 1 amide bonds. The van der Waals surface area contributed by atoms with Gasteiger partial charge in [-0.15, -0.1) is 0 Å². The molecule has 0 fully saturated rings. The number of amides is 1. The Kier molecular flexibility index (Phi) is 5.26. The van der Waals surface area contributed by atoms with Gasteiger partial charge in [0.05, 0.1) is 23.5 Å². The summed E-state index contributed by atoms with van der Waals surface area (Å²) in [6.07, 6.45) is 4.25. The second-order valence-corrected chi connectivity index (χ2v) is 4.80. The Labute approximate surface area is 124 Å². The Balaban J connectivity index is 2.03. The second-order valence-electron chi connectivity index (χ2n) is 4.80. The average Bonchev–Trinajstić information content (AvgIpc) is 2.51. The van der Waals surface area contributed by atoms with Gasteiger partial charge >= 0.3 is 0 Å². The van der Waals surface area contributed by atoms with E-state index >= 15 is 0 Å². The first-order chi connectivity index (χ1) is 10.2. The minimum Gasteiger partial charge on any atom is -0.384 e. The fourth-order valence-corrected chi connectivity index (χ4v) is 1.95. The van der Waals surface area contributed by atoms with Gasteiger partial charge in [0, 0.05) is 24.6 Å². The van der Waals surface area contributed by atoms with Crippen molar-refractivity contribution in [1.29, 1.82) is 0 Å². The summed E-state index contributed by atoms with van der Waals surface area (Å²) in [5.41, 5.74) is 3.14. The largest absolute Gasteiger partial charge is 0.384 e. The Morgan fingerprint density at radius 2 is 2.14 bits per heavy atom. The molecule has 0 bridgehead atoms. The van der Waals surface area contributed by atoms with Gasteiger partial charge < -0.3 is 10.6 Å². The summed E-state index contributed by atoms with van der Waals surface area (Å²) in [4.78, 5) is 20.7. The van der Waals surface area contributed by atoms with Gasteiger partial charge in [0.2, 0.25) is 0 Å². The van der Waals surface area contributed by atoms with Crippen LogP contribution in [0.3, 0.4) is 0 Å². The molecule has 0 saturated heterocycles. The number of rotatable bonds is 6. The smallest absolute Gasteiger partial charge is 0.255 e. The first-order valence-electron chi connectivity index (χ1n) is 7.09. The van der Waals surface area contributed by atoms with Crippen LogP contribution in [0.2, 0.25) is 0 Å². The molecule has 0 atom stereocenters. The lowest BCUT2D eigenvalue weighted by Gasteiger charge is -2.11. The first-order valence-corrected chi connectivity index (χ1v) is 7.09. The summed E-state index contributed by atoms with van der Waals surface area (Å²) < 4.78 is 0. The number of aryl methyl sites for hydroxylation is 1. The van der Waals surface area contributed by atoms with Crippen molar-refractivity contribution in [3.63, 3.8) is 0 Å². The fourth-order valence-electron chi connectivity index (χ4n) is 1.95. The van der Waals surface area contributed by atoms with E-state index in [9.17, 15) is 4.79 Å². The summed E-state index contributed by atoms with van der Waals surface area (Å²) in [7, 11) is 0. The van der Waals surface area contributed by atoms with Gasteiger partial charge in [-0.3, -0.25) is 14.8 Å². The summed E-state index contributed by atoms with van der Waals surface area (Å²) in [6, 6.07) is 7.57. The molecule has 0 aliphatic rings. The Bertz CT molecular complexity index is 613. The van der Waals surface area contributed by atoms with E-state index in [4.69, 9.17) is 0 Å². The SMILES string of the molecule is CCCNc1ccncc1C(=O)NCc1cccc(C)n1. The molecule has 0 aliphatic carbocycles. The standard InChI is InChI=1S/C16H20N4O/c1-3-8-18-15-7-9-17-11-14(15)16(21)19-10-13-6-4-5-12(2)20-13/h4-7,9,11H,3,8,10H2,1-2H3,(H,17,18)(H,19,21). The average molecular weight is 284 g/mol. The summed E-state index contributed by atoms with van der Waals surface area (Å²) in [5.74, 6) is -0.148. The number of carbonyl (C=O) groups is 1. The molecule has 2 aromatic rings. The van der Waals surface area contributed by atoms with E-state index in [0.29, 0.717) is 12.1 Å². The molecule has 0 aromatic carbocycles. The minimum atomic E-state index is -0.148. The molecule has 0 radical (unpaired) electrons. The van der Waals surface area contributed by atoms with E-state index in [0.717, 1.165) is 30.0 Å². The molecule has 2 rings (SSSR count). The van der Waals surface area contributed by atoms with Crippen molar-refractivity contribution >= 4 is 11.6 Å². The van der Waals surface area contributed by atoms with Crippen molar-refractivity contribution in [2.45, 2.75) is 26.8 Å². The van der Waals surface area contributed by atoms with Gasteiger partial charge in [-0.05, 0) is 31.5 Å². The van der Waals surface area contributed by atoms with Crippen LogP contribution in [0.15, 0.2) is 36.7 Å². The highest BCUT2D eigenvalue weighted by Crippen LogP contribution is 2.13. The lowest BCUT2D eigenvalue weighted by molar-refractivity contribution is 0.0951. The third-order valence-electron chi connectivity index (χ3n) is 3.01. The van der Waals surface area contributed by atoms with Gasteiger partial charge in [-0.25, -0.2) is 0 Å². The fraction of sp³-hybridized carbons (Fsp3) is 0.312. The number of hydrogen-bond acceptors (Lipinski definition) is 4. The summed E-state index contributed by atoms with van der Waals surface area (Å²) >= 11 is 0. The van der Waals surface area contributed by atoms with Crippen LogP contribution >= 0.6 is 0 Å². The summed E-state index contributed by atoms with van der Waals surface area (Å²) in [6.45, 7) is 5.24. The normalized spacial score (nSPS) is 10.2. The number of carbonyl (C=O) groups excluding carboxylic acids is 1. The van der Waals surface area contributed by atoms with Gasteiger partial charge in [-0.1, -0.05) is 13.0 Å². The minimum absolute atomic E-state index is 0.148. The van der Waals surface area contributed by atoms with Crippen LogP contribution in [-0.2, 0) is 6.54 Å². The van der Waals surface area contributed by atoms with E-state index in [1.165, 1.54) is 0 Å². The predicted octanol–water partition coefficient (Wildman–Crippen LogP) is 2.54. The van der Waals surface area contributed by atoms with Gasteiger partial charge in [0.25, 0.3) is 5.91 Å². The van der Waals surface area contributed by atoms with Crippen LogP contribution in [0.4, 0.5) is 5.69 Å². The third-order valence-corrected chi connectivity index (χ3v) is 3.01.